The fraction of sp³-hybridized carbons (Fsp3) is 0.500. The lowest BCUT2D eigenvalue weighted by molar-refractivity contribution is -0.128. The van der Waals surface area contributed by atoms with E-state index in [1.807, 2.05) is 24.0 Å². The summed E-state index contributed by atoms with van der Waals surface area (Å²) in [6.45, 7) is 2.48. The predicted octanol–water partition coefficient (Wildman–Crippen LogP) is 1.60. The molecule has 2 aliphatic rings. The van der Waals surface area contributed by atoms with Crippen molar-refractivity contribution in [2.45, 2.75) is 32.0 Å². The highest BCUT2D eigenvalue weighted by atomic mass is 16.5. The molecule has 1 saturated heterocycles. The van der Waals surface area contributed by atoms with Gasteiger partial charge in [0.1, 0.15) is 11.9 Å². The number of benzene rings is 1. The zero-order chi connectivity index (χ0) is 12.7. The zero-order valence-electron chi connectivity index (χ0n) is 10.8. The molecule has 0 bridgehead atoms. The number of nitrogens with zero attached hydrogens (tertiary/aromatic N) is 1. The molecule has 1 N–H and O–H groups in total. The van der Waals surface area contributed by atoms with Crippen LogP contribution < -0.4 is 10.1 Å². The number of rotatable bonds is 3. The van der Waals surface area contributed by atoms with Crippen LogP contribution in [0.4, 0.5) is 0 Å². The van der Waals surface area contributed by atoms with Crippen LogP contribution in [0.2, 0.25) is 0 Å². The summed E-state index contributed by atoms with van der Waals surface area (Å²) >= 11 is 0. The molecule has 1 aromatic rings. The summed E-state index contributed by atoms with van der Waals surface area (Å²) in [7, 11) is 1.68. The normalized spacial score (nSPS) is 23.6. The highest BCUT2D eigenvalue weighted by Crippen LogP contribution is 2.36. The highest BCUT2D eigenvalue weighted by Gasteiger charge is 2.41. The van der Waals surface area contributed by atoms with Gasteiger partial charge in [0.25, 0.3) is 0 Å². The van der Waals surface area contributed by atoms with Crippen molar-refractivity contribution in [1.29, 1.82) is 0 Å². The number of amides is 1. The number of ether oxygens (including phenoxy) is 1. The van der Waals surface area contributed by atoms with Gasteiger partial charge < -0.3 is 9.64 Å². The van der Waals surface area contributed by atoms with Crippen molar-refractivity contribution in [2.75, 3.05) is 13.7 Å². The van der Waals surface area contributed by atoms with E-state index in [0.717, 1.165) is 29.7 Å². The molecule has 1 amide bonds. The van der Waals surface area contributed by atoms with E-state index < -0.39 is 0 Å². The third-order valence-corrected chi connectivity index (χ3v) is 3.69. The van der Waals surface area contributed by atoms with E-state index in [1.165, 1.54) is 0 Å². The van der Waals surface area contributed by atoms with Gasteiger partial charge in [0.15, 0.2) is 0 Å². The molecule has 0 spiro atoms. The SMILES string of the molecule is COc1ccc(C2NCC(=O)N2C2CC2)cc1C. The van der Waals surface area contributed by atoms with E-state index in [2.05, 4.69) is 11.4 Å². The molecule has 96 valence electrons. The molecule has 1 aliphatic carbocycles. The first kappa shape index (κ1) is 11.5. The minimum Gasteiger partial charge on any atom is -0.496 e. The van der Waals surface area contributed by atoms with E-state index in [9.17, 15) is 4.79 Å². The lowest BCUT2D eigenvalue weighted by Crippen LogP contribution is -2.32. The largest absolute Gasteiger partial charge is 0.496 e. The lowest BCUT2D eigenvalue weighted by Gasteiger charge is -2.25. The van der Waals surface area contributed by atoms with Crippen LogP contribution in [0.15, 0.2) is 18.2 Å². The Bertz CT molecular complexity index is 483. The number of nitrogens with one attached hydrogen (secondary N) is 1. The monoisotopic (exact) mass is 246 g/mol. The number of carbonyl (C=O) groups excluding carboxylic acids is 1. The zero-order valence-corrected chi connectivity index (χ0v) is 10.8. The number of methoxy groups -OCH3 is 1. The molecule has 0 radical (unpaired) electrons. The summed E-state index contributed by atoms with van der Waals surface area (Å²) in [6, 6.07) is 6.56. The van der Waals surface area contributed by atoms with Crippen LogP contribution in [-0.2, 0) is 4.79 Å². The topological polar surface area (TPSA) is 41.6 Å². The van der Waals surface area contributed by atoms with E-state index >= 15 is 0 Å². The fourth-order valence-electron chi connectivity index (χ4n) is 2.63. The van der Waals surface area contributed by atoms with Crippen molar-refractivity contribution in [1.82, 2.24) is 10.2 Å². The molecule has 3 rings (SSSR count). The van der Waals surface area contributed by atoms with Gasteiger partial charge in [-0.15, -0.1) is 0 Å². The summed E-state index contributed by atoms with van der Waals surface area (Å²) in [5, 5.41) is 3.29. The summed E-state index contributed by atoms with van der Waals surface area (Å²) in [4.78, 5) is 13.9. The maximum absolute atomic E-state index is 11.9. The smallest absolute Gasteiger partial charge is 0.238 e. The number of hydrogen-bond acceptors (Lipinski definition) is 3. The summed E-state index contributed by atoms with van der Waals surface area (Å²) in [5.74, 6) is 1.11. The van der Waals surface area contributed by atoms with Crippen LogP contribution in [0.1, 0.15) is 30.1 Å². The Morgan fingerprint density at radius 2 is 2.17 bits per heavy atom. The number of carbonyl (C=O) groups is 1. The molecule has 4 heteroatoms. The summed E-state index contributed by atoms with van der Waals surface area (Å²) in [5.41, 5.74) is 2.25. The molecule has 1 aromatic carbocycles. The van der Waals surface area contributed by atoms with Gasteiger partial charge >= 0.3 is 0 Å². The molecule has 1 saturated carbocycles. The molecule has 2 fully saturated rings. The van der Waals surface area contributed by atoms with Crippen molar-refractivity contribution < 1.29 is 9.53 Å². The van der Waals surface area contributed by atoms with E-state index in [4.69, 9.17) is 4.74 Å². The van der Waals surface area contributed by atoms with E-state index in [-0.39, 0.29) is 12.1 Å². The van der Waals surface area contributed by atoms with Gasteiger partial charge in [-0.3, -0.25) is 10.1 Å². The summed E-state index contributed by atoms with van der Waals surface area (Å²) < 4.78 is 5.27. The quantitative estimate of drug-likeness (QED) is 0.880. The van der Waals surface area contributed by atoms with Crippen molar-refractivity contribution >= 4 is 5.91 Å². The van der Waals surface area contributed by atoms with Crippen LogP contribution >= 0.6 is 0 Å². The highest BCUT2D eigenvalue weighted by molar-refractivity contribution is 5.81. The van der Waals surface area contributed by atoms with Crippen LogP contribution in [-0.4, -0.2) is 30.5 Å². The average molecular weight is 246 g/mol. The standard InChI is InChI=1S/C14H18N2O2/c1-9-7-10(3-6-12(9)18-2)14-15-8-13(17)16(14)11-4-5-11/h3,6-7,11,14-15H,4-5,8H2,1-2H3. The first-order valence-corrected chi connectivity index (χ1v) is 6.40. The van der Waals surface area contributed by atoms with Gasteiger partial charge in [0, 0.05) is 6.04 Å². The Labute approximate surface area is 107 Å². The van der Waals surface area contributed by atoms with Crippen LogP contribution in [0, 0.1) is 6.92 Å². The summed E-state index contributed by atoms with van der Waals surface area (Å²) in [6.07, 6.45) is 2.31. The van der Waals surface area contributed by atoms with Gasteiger partial charge in [-0.05, 0) is 43.0 Å². The van der Waals surface area contributed by atoms with Gasteiger partial charge in [0.2, 0.25) is 5.91 Å². The minimum absolute atomic E-state index is 0.0367. The predicted molar refractivity (Wildman–Crippen MR) is 68.3 cm³/mol. The van der Waals surface area contributed by atoms with Gasteiger partial charge in [-0.25, -0.2) is 0 Å². The number of aryl methyl sites for hydroxylation is 1. The Balaban J connectivity index is 1.89. The number of hydrogen-bond donors (Lipinski definition) is 1. The Morgan fingerprint density at radius 3 is 2.78 bits per heavy atom. The third-order valence-electron chi connectivity index (χ3n) is 3.69. The third kappa shape index (κ3) is 1.86. The second-order valence-electron chi connectivity index (χ2n) is 5.04. The van der Waals surface area contributed by atoms with Crippen molar-refractivity contribution in [3.05, 3.63) is 29.3 Å². The maximum Gasteiger partial charge on any atom is 0.238 e. The Morgan fingerprint density at radius 1 is 1.39 bits per heavy atom. The van der Waals surface area contributed by atoms with Crippen LogP contribution in [0.5, 0.6) is 5.75 Å². The van der Waals surface area contributed by atoms with E-state index in [0.29, 0.717) is 12.6 Å². The molecule has 4 nitrogen and oxygen atoms in total. The van der Waals surface area contributed by atoms with Gasteiger partial charge in [0.05, 0.1) is 13.7 Å². The molecule has 1 aliphatic heterocycles. The average Bonchev–Trinajstić information content (AvgIpc) is 3.12. The van der Waals surface area contributed by atoms with Crippen molar-refractivity contribution in [3.8, 4) is 5.75 Å². The Kier molecular flexibility index (Phi) is 2.74. The molecular weight excluding hydrogens is 228 g/mol. The minimum atomic E-state index is 0.0367. The van der Waals surface area contributed by atoms with Crippen LogP contribution in [0.25, 0.3) is 0 Å². The van der Waals surface area contributed by atoms with Gasteiger partial charge in [-0.1, -0.05) is 6.07 Å². The molecule has 1 heterocycles. The van der Waals surface area contributed by atoms with E-state index in [1.54, 1.807) is 7.11 Å². The molecule has 18 heavy (non-hydrogen) atoms. The fourth-order valence-corrected chi connectivity index (χ4v) is 2.63. The lowest BCUT2D eigenvalue weighted by atomic mass is 10.1. The van der Waals surface area contributed by atoms with Crippen molar-refractivity contribution in [2.24, 2.45) is 0 Å². The maximum atomic E-state index is 11.9. The second-order valence-corrected chi connectivity index (χ2v) is 5.04. The van der Waals surface area contributed by atoms with Gasteiger partial charge in [-0.2, -0.15) is 0 Å². The second kappa shape index (κ2) is 4.28. The van der Waals surface area contributed by atoms with Crippen LogP contribution in [0.3, 0.4) is 0 Å². The molecule has 0 aromatic heterocycles. The first-order chi connectivity index (χ1) is 8.70. The van der Waals surface area contributed by atoms with Crippen molar-refractivity contribution in [3.63, 3.8) is 0 Å². The first-order valence-electron chi connectivity index (χ1n) is 6.40. The molecule has 1 unspecified atom stereocenters. The molecule has 1 atom stereocenters. The molecular formula is C14H18N2O2. The Hall–Kier alpha value is -1.55.